The Balaban J connectivity index is 3.87. The van der Waals surface area contributed by atoms with E-state index in [0.717, 1.165) is 50.6 Å². The maximum atomic E-state index is 6.05. The molecule has 0 aromatic heterocycles. The van der Waals surface area contributed by atoms with Crippen LogP contribution in [0.5, 0.6) is 0 Å². The molecule has 0 amide bonds. The lowest BCUT2D eigenvalue weighted by atomic mass is 10.1. The van der Waals surface area contributed by atoms with Crippen LogP contribution in [0.15, 0.2) is 24.3 Å². The van der Waals surface area contributed by atoms with Crippen LogP contribution >= 0.6 is 15.9 Å². The number of alkyl halides is 1. The van der Waals surface area contributed by atoms with Gasteiger partial charge in [0.25, 0.3) is 0 Å². The molecule has 0 aromatic carbocycles. The van der Waals surface area contributed by atoms with Gasteiger partial charge in [-0.2, -0.15) is 0 Å². The van der Waals surface area contributed by atoms with Gasteiger partial charge in [0.15, 0.2) is 6.29 Å². The van der Waals surface area contributed by atoms with Gasteiger partial charge in [0, 0.05) is 18.5 Å². The minimum atomic E-state index is -0.00135. The summed E-state index contributed by atoms with van der Waals surface area (Å²) in [6.07, 6.45) is 25.8. The lowest BCUT2D eigenvalue weighted by Gasteiger charge is -2.18. The monoisotopic (exact) mass is 444 g/mol. The molecule has 0 aliphatic carbocycles. The largest absolute Gasteiger partial charge is 0.353 e. The van der Waals surface area contributed by atoms with Crippen molar-refractivity contribution >= 4 is 15.9 Å². The standard InChI is InChI=1S/C24H45BrO2/c1-3-5-7-9-14-18-22-26-24(20-16-12-11-13-17-21-25)27-23-19-15-10-8-6-4-2/h5-8,24H,3-4,9-23H2,1-2H3/b7-5-,8-6-. The minimum Gasteiger partial charge on any atom is -0.353 e. The van der Waals surface area contributed by atoms with Crippen LogP contribution in [0, 0.1) is 0 Å². The lowest BCUT2D eigenvalue weighted by Crippen LogP contribution is -2.19. The van der Waals surface area contributed by atoms with Crippen LogP contribution in [0.1, 0.15) is 104 Å². The van der Waals surface area contributed by atoms with E-state index < -0.39 is 0 Å². The molecule has 0 fully saturated rings. The predicted molar refractivity (Wildman–Crippen MR) is 124 cm³/mol. The molecular formula is C24H45BrO2. The summed E-state index contributed by atoms with van der Waals surface area (Å²) in [6.45, 7) is 6.02. The van der Waals surface area contributed by atoms with E-state index in [9.17, 15) is 0 Å². The molecule has 0 saturated carbocycles. The average molecular weight is 446 g/mol. The molecular weight excluding hydrogens is 400 g/mol. The molecule has 160 valence electrons. The number of hydrogen-bond acceptors (Lipinski definition) is 2. The Kier molecular flexibility index (Phi) is 23.8. The van der Waals surface area contributed by atoms with Crippen molar-refractivity contribution in [2.45, 2.75) is 110 Å². The molecule has 0 aromatic rings. The zero-order valence-corrected chi connectivity index (χ0v) is 19.7. The van der Waals surface area contributed by atoms with E-state index >= 15 is 0 Å². The summed E-state index contributed by atoms with van der Waals surface area (Å²) in [7, 11) is 0. The molecule has 0 bridgehead atoms. The molecule has 0 unspecified atom stereocenters. The molecule has 0 spiro atoms. The molecule has 0 atom stereocenters. The van der Waals surface area contributed by atoms with Crippen LogP contribution in [-0.4, -0.2) is 24.8 Å². The molecule has 0 aliphatic rings. The van der Waals surface area contributed by atoms with Gasteiger partial charge in [-0.15, -0.1) is 0 Å². The lowest BCUT2D eigenvalue weighted by molar-refractivity contribution is -0.147. The molecule has 0 saturated heterocycles. The molecule has 0 aliphatic heterocycles. The number of allylic oxidation sites excluding steroid dienone is 4. The minimum absolute atomic E-state index is 0.00135. The summed E-state index contributed by atoms with van der Waals surface area (Å²) < 4.78 is 12.1. The van der Waals surface area contributed by atoms with Gasteiger partial charge < -0.3 is 9.47 Å². The first-order valence-electron chi connectivity index (χ1n) is 11.4. The van der Waals surface area contributed by atoms with Gasteiger partial charge in [-0.3, -0.25) is 0 Å². The Labute approximate surface area is 178 Å². The van der Waals surface area contributed by atoms with Crippen molar-refractivity contribution in [3.8, 4) is 0 Å². The van der Waals surface area contributed by atoms with E-state index in [-0.39, 0.29) is 6.29 Å². The van der Waals surface area contributed by atoms with E-state index in [1.165, 1.54) is 57.8 Å². The fourth-order valence-corrected chi connectivity index (χ4v) is 3.27. The maximum Gasteiger partial charge on any atom is 0.157 e. The number of ether oxygens (including phenoxy) is 2. The zero-order valence-electron chi connectivity index (χ0n) is 18.1. The van der Waals surface area contributed by atoms with Gasteiger partial charge in [0.05, 0.1) is 0 Å². The van der Waals surface area contributed by atoms with Crippen LogP contribution in [0.4, 0.5) is 0 Å². The van der Waals surface area contributed by atoms with Gasteiger partial charge in [-0.25, -0.2) is 0 Å². The maximum absolute atomic E-state index is 6.05. The van der Waals surface area contributed by atoms with Crippen molar-refractivity contribution in [2.24, 2.45) is 0 Å². The van der Waals surface area contributed by atoms with Crippen molar-refractivity contribution in [2.75, 3.05) is 18.5 Å². The molecule has 27 heavy (non-hydrogen) atoms. The summed E-state index contributed by atoms with van der Waals surface area (Å²) in [5.74, 6) is 0. The number of rotatable bonds is 21. The van der Waals surface area contributed by atoms with Crippen molar-refractivity contribution in [3.63, 3.8) is 0 Å². The first-order valence-corrected chi connectivity index (χ1v) is 12.6. The highest BCUT2D eigenvalue weighted by molar-refractivity contribution is 9.09. The van der Waals surface area contributed by atoms with Crippen molar-refractivity contribution in [3.05, 3.63) is 24.3 Å². The summed E-state index contributed by atoms with van der Waals surface area (Å²) in [5.41, 5.74) is 0. The second-order valence-corrected chi connectivity index (χ2v) is 7.96. The summed E-state index contributed by atoms with van der Waals surface area (Å²) in [5, 5.41) is 1.13. The van der Waals surface area contributed by atoms with E-state index in [0.29, 0.717) is 0 Å². The molecule has 3 heteroatoms. The van der Waals surface area contributed by atoms with Crippen LogP contribution in [-0.2, 0) is 9.47 Å². The van der Waals surface area contributed by atoms with Crippen molar-refractivity contribution in [1.82, 2.24) is 0 Å². The average Bonchev–Trinajstić information content (AvgIpc) is 2.68. The van der Waals surface area contributed by atoms with Crippen LogP contribution in [0.25, 0.3) is 0 Å². The molecule has 2 nitrogen and oxygen atoms in total. The number of halogens is 1. The van der Waals surface area contributed by atoms with Gasteiger partial charge in [-0.1, -0.05) is 73.3 Å². The fraction of sp³-hybridized carbons (Fsp3) is 0.833. The Hall–Kier alpha value is -0.120. The second-order valence-electron chi connectivity index (χ2n) is 7.17. The number of hydrogen-bond donors (Lipinski definition) is 0. The van der Waals surface area contributed by atoms with Crippen LogP contribution < -0.4 is 0 Å². The third-order valence-corrected chi connectivity index (χ3v) is 5.08. The van der Waals surface area contributed by atoms with E-state index in [2.05, 4.69) is 54.1 Å². The van der Waals surface area contributed by atoms with E-state index in [4.69, 9.17) is 9.47 Å². The zero-order chi connectivity index (χ0) is 19.8. The van der Waals surface area contributed by atoms with E-state index in [1.54, 1.807) is 0 Å². The summed E-state index contributed by atoms with van der Waals surface area (Å²) in [4.78, 5) is 0. The first-order chi connectivity index (χ1) is 13.3. The summed E-state index contributed by atoms with van der Waals surface area (Å²) in [6, 6.07) is 0. The Morgan fingerprint density at radius 1 is 0.630 bits per heavy atom. The van der Waals surface area contributed by atoms with Gasteiger partial charge in [0.1, 0.15) is 0 Å². The highest BCUT2D eigenvalue weighted by Crippen LogP contribution is 2.13. The third-order valence-electron chi connectivity index (χ3n) is 4.52. The third kappa shape index (κ3) is 22.0. The van der Waals surface area contributed by atoms with Crippen molar-refractivity contribution < 1.29 is 9.47 Å². The highest BCUT2D eigenvalue weighted by atomic mass is 79.9. The second kappa shape index (κ2) is 23.9. The Morgan fingerprint density at radius 2 is 1.15 bits per heavy atom. The van der Waals surface area contributed by atoms with Gasteiger partial charge in [0.2, 0.25) is 0 Å². The smallest absolute Gasteiger partial charge is 0.157 e. The molecule has 0 N–H and O–H groups in total. The van der Waals surface area contributed by atoms with Gasteiger partial charge in [-0.05, 0) is 70.6 Å². The number of unbranched alkanes of at least 4 members (excludes halogenated alkanes) is 8. The highest BCUT2D eigenvalue weighted by Gasteiger charge is 2.09. The molecule has 0 radical (unpaired) electrons. The Morgan fingerprint density at radius 3 is 1.67 bits per heavy atom. The Bertz CT molecular complexity index is 304. The fourth-order valence-electron chi connectivity index (χ4n) is 2.88. The molecule has 0 rings (SSSR count). The topological polar surface area (TPSA) is 18.5 Å². The van der Waals surface area contributed by atoms with Crippen LogP contribution in [0.3, 0.4) is 0 Å². The summed E-state index contributed by atoms with van der Waals surface area (Å²) >= 11 is 3.50. The van der Waals surface area contributed by atoms with E-state index in [1.807, 2.05) is 0 Å². The quantitative estimate of drug-likeness (QED) is 0.0765. The van der Waals surface area contributed by atoms with Crippen molar-refractivity contribution in [1.29, 1.82) is 0 Å². The molecule has 0 heterocycles. The first kappa shape index (κ1) is 26.9. The predicted octanol–water partition coefficient (Wildman–Crippen LogP) is 8.35. The SMILES string of the molecule is CC/C=C\CCCCOC(CCCCCCCBr)OCCCC/C=C\CC. The van der Waals surface area contributed by atoms with Gasteiger partial charge >= 0.3 is 0 Å². The van der Waals surface area contributed by atoms with Crippen LogP contribution in [0.2, 0.25) is 0 Å². The normalized spacial score (nSPS) is 12.1.